The van der Waals surface area contributed by atoms with Gasteiger partial charge in [-0.2, -0.15) is 17.4 Å². The maximum absolute atomic E-state index is 11.8. The van der Waals surface area contributed by atoms with Gasteiger partial charge in [-0.3, -0.25) is 4.79 Å². The van der Waals surface area contributed by atoms with Crippen molar-refractivity contribution < 1.29 is 27.8 Å². The molecule has 1 rings (SSSR count). The van der Waals surface area contributed by atoms with Crippen LogP contribution in [-0.4, -0.2) is 69.9 Å². The molecule has 0 amide bonds. The van der Waals surface area contributed by atoms with Crippen molar-refractivity contribution in [3.05, 3.63) is 0 Å². The molecule has 1 saturated heterocycles. The lowest BCUT2D eigenvalue weighted by atomic mass is 10.3. The molecule has 0 aromatic heterocycles. The van der Waals surface area contributed by atoms with Crippen molar-refractivity contribution in [2.24, 2.45) is 0 Å². The number of hydrogen-bond acceptors (Lipinski definition) is 5. The summed E-state index contributed by atoms with van der Waals surface area (Å²) in [4.78, 5) is 10.8. The van der Waals surface area contributed by atoms with Gasteiger partial charge >= 0.3 is 5.97 Å². The van der Waals surface area contributed by atoms with Gasteiger partial charge in [0.1, 0.15) is 6.04 Å². The number of carboxylic acid groups (broad SMARTS) is 1. The summed E-state index contributed by atoms with van der Waals surface area (Å²) in [6.07, 6.45) is 0. The molecule has 0 bridgehead atoms. The van der Waals surface area contributed by atoms with Crippen LogP contribution in [0.5, 0.6) is 0 Å². The number of carboxylic acids is 1. The minimum atomic E-state index is -3.81. The third kappa shape index (κ3) is 4.21. The Bertz CT molecular complexity index is 351. The molecule has 17 heavy (non-hydrogen) atoms. The van der Waals surface area contributed by atoms with E-state index in [-0.39, 0.29) is 19.7 Å². The molecule has 0 spiro atoms. The van der Waals surface area contributed by atoms with Crippen molar-refractivity contribution in [2.75, 3.05) is 40.0 Å². The molecule has 0 aromatic rings. The summed E-state index contributed by atoms with van der Waals surface area (Å²) in [6.45, 7) is 0.827. The van der Waals surface area contributed by atoms with Crippen molar-refractivity contribution in [2.45, 2.75) is 6.04 Å². The quantitative estimate of drug-likeness (QED) is 0.592. The molecule has 0 aliphatic carbocycles. The van der Waals surface area contributed by atoms with Crippen LogP contribution in [0.25, 0.3) is 0 Å². The van der Waals surface area contributed by atoms with E-state index in [2.05, 4.69) is 9.46 Å². The highest BCUT2D eigenvalue weighted by molar-refractivity contribution is 7.87. The van der Waals surface area contributed by atoms with E-state index in [1.165, 1.54) is 7.11 Å². The third-order valence-electron chi connectivity index (χ3n) is 2.23. The summed E-state index contributed by atoms with van der Waals surface area (Å²) in [7, 11) is -2.50. The molecule has 0 saturated carbocycles. The fourth-order valence-corrected chi connectivity index (χ4v) is 2.67. The minimum absolute atomic E-state index is 0.217. The monoisotopic (exact) mass is 268 g/mol. The molecule has 9 heteroatoms. The fourth-order valence-electron chi connectivity index (χ4n) is 1.36. The topological polar surface area (TPSA) is 105 Å². The first kappa shape index (κ1) is 14.3. The molecule has 1 fully saturated rings. The van der Waals surface area contributed by atoms with Crippen LogP contribution in [-0.2, 0) is 24.5 Å². The molecular formula is C8H16N2O6S. The maximum atomic E-state index is 11.8. The average Bonchev–Trinajstić information content (AvgIpc) is 2.29. The zero-order valence-electron chi connectivity index (χ0n) is 9.46. The van der Waals surface area contributed by atoms with Crippen molar-refractivity contribution >= 4 is 16.2 Å². The standard InChI is InChI=1S/C8H16N2O6S/c1-15-6-7(8(11)12)9-17(13,14)10-2-4-16-5-3-10/h7,9H,2-6H2,1H3,(H,11,12). The van der Waals surface area contributed by atoms with Crippen LogP contribution >= 0.6 is 0 Å². The summed E-state index contributed by atoms with van der Waals surface area (Å²) < 4.78 is 36.5. The van der Waals surface area contributed by atoms with Gasteiger partial charge in [0.05, 0.1) is 19.8 Å². The van der Waals surface area contributed by atoms with Gasteiger partial charge in [0.2, 0.25) is 0 Å². The van der Waals surface area contributed by atoms with Crippen LogP contribution in [0.15, 0.2) is 0 Å². The molecule has 1 heterocycles. The van der Waals surface area contributed by atoms with Gasteiger partial charge < -0.3 is 14.6 Å². The van der Waals surface area contributed by atoms with Gasteiger partial charge in [-0.1, -0.05) is 0 Å². The Morgan fingerprint density at radius 1 is 1.53 bits per heavy atom. The summed E-state index contributed by atoms with van der Waals surface area (Å²) in [6, 6.07) is -1.28. The molecule has 100 valence electrons. The van der Waals surface area contributed by atoms with Gasteiger partial charge in [-0.25, -0.2) is 0 Å². The molecule has 1 aliphatic rings. The van der Waals surface area contributed by atoms with Gasteiger partial charge in [0.15, 0.2) is 0 Å². The van der Waals surface area contributed by atoms with Crippen molar-refractivity contribution in [3.8, 4) is 0 Å². The zero-order chi connectivity index (χ0) is 12.9. The van der Waals surface area contributed by atoms with Crippen LogP contribution in [0.1, 0.15) is 0 Å². The van der Waals surface area contributed by atoms with Crippen LogP contribution < -0.4 is 4.72 Å². The van der Waals surface area contributed by atoms with Gasteiger partial charge in [0.25, 0.3) is 10.2 Å². The van der Waals surface area contributed by atoms with E-state index in [0.29, 0.717) is 13.2 Å². The van der Waals surface area contributed by atoms with E-state index >= 15 is 0 Å². The highest BCUT2D eigenvalue weighted by Crippen LogP contribution is 2.04. The Kier molecular flexibility index (Phi) is 5.28. The Hall–Kier alpha value is -0.740. The summed E-state index contributed by atoms with van der Waals surface area (Å²) >= 11 is 0. The predicted molar refractivity (Wildman–Crippen MR) is 57.7 cm³/mol. The number of carbonyl (C=O) groups is 1. The molecule has 0 aromatic carbocycles. The normalized spacial score (nSPS) is 20.1. The number of nitrogens with one attached hydrogen (secondary N) is 1. The molecule has 1 unspecified atom stereocenters. The van der Waals surface area contributed by atoms with Crippen LogP contribution in [0.2, 0.25) is 0 Å². The number of rotatable bonds is 6. The van der Waals surface area contributed by atoms with Gasteiger partial charge in [0, 0.05) is 20.2 Å². The fraction of sp³-hybridized carbons (Fsp3) is 0.875. The Morgan fingerprint density at radius 2 is 2.12 bits per heavy atom. The largest absolute Gasteiger partial charge is 0.480 e. The number of ether oxygens (including phenoxy) is 2. The first-order valence-corrected chi connectivity index (χ1v) is 6.48. The molecular weight excluding hydrogens is 252 g/mol. The Morgan fingerprint density at radius 3 is 2.59 bits per heavy atom. The van der Waals surface area contributed by atoms with Crippen LogP contribution in [0, 0.1) is 0 Å². The lowest BCUT2D eigenvalue weighted by molar-refractivity contribution is -0.140. The first-order chi connectivity index (χ1) is 7.97. The van der Waals surface area contributed by atoms with E-state index in [4.69, 9.17) is 9.84 Å². The first-order valence-electron chi connectivity index (χ1n) is 5.04. The smallest absolute Gasteiger partial charge is 0.324 e. The summed E-state index contributed by atoms with van der Waals surface area (Å²) in [5.74, 6) is -1.27. The van der Waals surface area contributed by atoms with E-state index < -0.39 is 22.2 Å². The number of nitrogens with zero attached hydrogens (tertiary/aromatic N) is 1. The molecule has 8 nitrogen and oxygen atoms in total. The Balaban J connectivity index is 2.65. The number of aliphatic carboxylic acids is 1. The van der Waals surface area contributed by atoms with Crippen molar-refractivity contribution in [1.82, 2.24) is 9.03 Å². The zero-order valence-corrected chi connectivity index (χ0v) is 10.3. The number of methoxy groups -OCH3 is 1. The average molecular weight is 268 g/mol. The SMILES string of the molecule is COCC(NS(=O)(=O)N1CCOCC1)C(=O)O. The molecule has 0 radical (unpaired) electrons. The van der Waals surface area contributed by atoms with E-state index in [1.807, 2.05) is 0 Å². The van der Waals surface area contributed by atoms with Gasteiger partial charge in [-0.05, 0) is 0 Å². The lowest BCUT2D eigenvalue weighted by Crippen LogP contribution is -2.52. The van der Waals surface area contributed by atoms with E-state index in [9.17, 15) is 13.2 Å². The van der Waals surface area contributed by atoms with E-state index in [1.54, 1.807) is 0 Å². The number of morpholine rings is 1. The summed E-state index contributed by atoms with van der Waals surface area (Å²) in [5, 5.41) is 8.82. The number of hydrogen-bond donors (Lipinski definition) is 2. The minimum Gasteiger partial charge on any atom is -0.480 e. The van der Waals surface area contributed by atoms with Crippen molar-refractivity contribution in [1.29, 1.82) is 0 Å². The van der Waals surface area contributed by atoms with E-state index in [0.717, 1.165) is 4.31 Å². The lowest BCUT2D eigenvalue weighted by Gasteiger charge is -2.27. The molecule has 1 atom stereocenters. The predicted octanol–water partition coefficient (Wildman–Crippen LogP) is -1.75. The highest BCUT2D eigenvalue weighted by atomic mass is 32.2. The van der Waals surface area contributed by atoms with Crippen LogP contribution in [0.3, 0.4) is 0 Å². The summed E-state index contributed by atoms with van der Waals surface area (Å²) in [5.41, 5.74) is 0. The second-order valence-corrected chi connectivity index (χ2v) is 5.18. The van der Waals surface area contributed by atoms with Crippen molar-refractivity contribution in [3.63, 3.8) is 0 Å². The Labute approximate surface area is 99.7 Å². The third-order valence-corrected chi connectivity index (χ3v) is 3.86. The highest BCUT2D eigenvalue weighted by Gasteiger charge is 2.29. The second-order valence-electron chi connectivity index (χ2n) is 3.48. The second kappa shape index (κ2) is 6.26. The maximum Gasteiger partial charge on any atom is 0.324 e. The molecule has 2 N–H and O–H groups in total. The van der Waals surface area contributed by atoms with Crippen LogP contribution in [0.4, 0.5) is 0 Å². The van der Waals surface area contributed by atoms with Gasteiger partial charge in [-0.15, -0.1) is 0 Å². The molecule has 1 aliphatic heterocycles.